The van der Waals surface area contributed by atoms with E-state index in [1.165, 1.54) is 0 Å². The van der Waals surface area contributed by atoms with E-state index in [1.54, 1.807) is 24.9 Å². The normalized spacial score (nSPS) is 14.8. The van der Waals surface area contributed by atoms with Gasteiger partial charge in [-0.1, -0.05) is 28.8 Å². The zero-order valence-corrected chi connectivity index (χ0v) is 15.6. The van der Waals surface area contributed by atoms with Gasteiger partial charge >= 0.3 is 6.01 Å². The molecule has 1 unspecified atom stereocenters. The third kappa shape index (κ3) is 3.25. The van der Waals surface area contributed by atoms with Crippen molar-refractivity contribution in [2.24, 2.45) is 0 Å². The van der Waals surface area contributed by atoms with Crippen LogP contribution in [0.15, 0.2) is 67.5 Å². The third-order valence-corrected chi connectivity index (χ3v) is 4.90. The molecule has 5 rings (SSSR count). The fourth-order valence-corrected chi connectivity index (χ4v) is 3.39. The lowest BCUT2D eigenvalue weighted by Gasteiger charge is -2.20. The van der Waals surface area contributed by atoms with Crippen LogP contribution in [-0.2, 0) is 0 Å². The van der Waals surface area contributed by atoms with Gasteiger partial charge in [-0.05, 0) is 37.1 Å². The largest absolute Gasteiger partial charge is 0.435 e. The summed E-state index contributed by atoms with van der Waals surface area (Å²) < 4.78 is 10.3. The predicted molar refractivity (Wildman–Crippen MR) is 104 cm³/mol. The van der Waals surface area contributed by atoms with Crippen molar-refractivity contribution in [2.45, 2.75) is 25.1 Å². The molecule has 1 aromatic carbocycles. The first-order valence-corrected chi connectivity index (χ1v) is 9.42. The summed E-state index contributed by atoms with van der Waals surface area (Å²) >= 11 is 6.21. The van der Waals surface area contributed by atoms with Gasteiger partial charge in [0.05, 0.1) is 6.33 Å². The number of rotatable bonds is 6. The topological polar surface area (TPSA) is 70.7 Å². The number of ether oxygens (including phenoxy) is 1. The molecule has 7 nitrogen and oxygen atoms in total. The molecule has 140 valence electrons. The van der Waals surface area contributed by atoms with Crippen LogP contribution in [0.3, 0.4) is 0 Å². The molecule has 0 N–H and O–H groups in total. The van der Waals surface area contributed by atoms with Crippen LogP contribution < -0.4 is 4.74 Å². The summed E-state index contributed by atoms with van der Waals surface area (Å²) in [6.45, 7) is 0. The van der Waals surface area contributed by atoms with E-state index in [0.29, 0.717) is 17.1 Å². The van der Waals surface area contributed by atoms with Crippen LogP contribution in [0.25, 0.3) is 11.4 Å². The molecule has 8 heteroatoms. The van der Waals surface area contributed by atoms with Gasteiger partial charge in [-0.15, -0.1) is 5.10 Å². The summed E-state index contributed by atoms with van der Waals surface area (Å²) in [5.74, 6) is 0.787. The Morgan fingerprint density at radius 2 is 1.89 bits per heavy atom. The maximum Gasteiger partial charge on any atom is 0.319 e. The average molecular weight is 393 g/mol. The van der Waals surface area contributed by atoms with Gasteiger partial charge in [0.2, 0.25) is 6.23 Å². The van der Waals surface area contributed by atoms with Crippen molar-refractivity contribution in [3.63, 3.8) is 0 Å². The van der Waals surface area contributed by atoms with Crippen molar-refractivity contribution >= 4 is 11.6 Å². The first-order valence-electron chi connectivity index (χ1n) is 9.04. The second kappa shape index (κ2) is 7.09. The second-order valence-corrected chi connectivity index (χ2v) is 7.11. The minimum absolute atomic E-state index is 0.343. The molecule has 28 heavy (non-hydrogen) atoms. The molecule has 0 amide bonds. The monoisotopic (exact) mass is 392 g/mol. The number of hydrogen-bond acceptors (Lipinski definition) is 5. The summed E-state index contributed by atoms with van der Waals surface area (Å²) in [5.41, 5.74) is 1.87. The highest BCUT2D eigenvalue weighted by molar-refractivity contribution is 6.30. The molecule has 4 aromatic rings. The number of benzene rings is 1. The van der Waals surface area contributed by atoms with Gasteiger partial charge < -0.3 is 4.74 Å². The zero-order valence-electron chi connectivity index (χ0n) is 14.9. The first kappa shape index (κ1) is 16.9. The molecule has 3 aromatic heterocycles. The first-order chi connectivity index (χ1) is 13.8. The lowest BCUT2D eigenvalue weighted by Crippen LogP contribution is -2.18. The highest BCUT2D eigenvalue weighted by Crippen LogP contribution is 2.41. The zero-order chi connectivity index (χ0) is 18.9. The minimum Gasteiger partial charge on any atom is -0.435 e. The van der Waals surface area contributed by atoms with Crippen LogP contribution in [0.5, 0.6) is 6.01 Å². The Bertz CT molecular complexity index is 1080. The van der Waals surface area contributed by atoms with E-state index in [2.05, 4.69) is 24.7 Å². The average Bonchev–Trinajstić information content (AvgIpc) is 3.25. The third-order valence-electron chi connectivity index (χ3n) is 4.66. The van der Waals surface area contributed by atoms with E-state index >= 15 is 0 Å². The van der Waals surface area contributed by atoms with E-state index < -0.39 is 6.23 Å². The number of nitrogens with zero attached hydrogens (tertiary/aromatic N) is 6. The van der Waals surface area contributed by atoms with Crippen molar-refractivity contribution in [3.05, 3.63) is 78.1 Å². The Labute approximate surface area is 166 Å². The fraction of sp³-hybridized carbons (Fsp3) is 0.200. The maximum atomic E-state index is 6.37. The number of imidazole rings is 1. The Morgan fingerprint density at radius 3 is 2.61 bits per heavy atom. The van der Waals surface area contributed by atoms with E-state index in [-0.39, 0.29) is 0 Å². The molecule has 0 radical (unpaired) electrons. The van der Waals surface area contributed by atoms with E-state index in [4.69, 9.17) is 16.3 Å². The van der Waals surface area contributed by atoms with Crippen molar-refractivity contribution in [2.75, 3.05) is 0 Å². The van der Waals surface area contributed by atoms with Gasteiger partial charge in [0.25, 0.3) is 0 Å². The maximum absolute atomic E-state index is 6.37. The van der Waals surface area contributed by atoms with Crippen molar-refractivity contribution in [1.29, 1.82) is 0 Å². The lowest BCUT2D eigenvalue weighted by atomic mass is 10.2. The van der Waals surface area contributed by atoms with Crippen LogP contribution >= 0.6 is 11.6 Å². The molecular formula is C20H17ClN6O. The highest BCUT2D eigenvalue weighted by Gasteiger charge is 2.32. The van der Waals surface area contributed by atoms with Gasteiger partial charge in [-0.3, -0.25) is 14.1 Å². The van der Waals surface area contributed by atoms with Crippen LogP contribution in [0, 0.1) is 0 Å². The smallest absolute Gasteiger partial charge is 0.319 e. The molecule has 0 saturated heterocycles. The molecule has 0 bridgehead atoms. The van der Waals surface area contributed by atoms with Crippen LogP contribution in [0.2, 0.25) is 5.02 Å². The van der Waals surface area contributed by atoms with E-state index in [1.807, 2.05) is 47.2 Å². The van der Waals surface area contributed by atoms with Crippen LogP contribution in [0.4, 0.5) is 0 Å². The van der Waals surface area contributed by atoms with Crippen molar-refractivity contribution in [3.8, 4) is 17.4 Å². The van der Waals surface area contributed by atoms with Crippen LogP contribution in [0.1, 0.15) is 30.7 Å². The molecule has 1 aliphatic carbocycles. The molecule has 1 atom stereocenters. The number of pyridine rings is 1. The summed E-state index contributed by atoms with van der Waals surface area (Å²) in [5, 5.41) is 9.40. The van der Waals surface area contributed by atoms with Gasteiger partial charge in [0, 0.05) is 47.0 Å². The number of hydrogen-bond donors (Lipinski definition) is 0. The second-order valence-electron chi connectivity index (χ2n) is 6.68. The highest BCUT2D eigenvalue weighted by atomic mass is 35.5. The summed E-state index contributed by atoms with van der Waals surface area (Å²) in [6, 6.07) is 12.3. The SMILES string of the molecule is Clc1cccc(C(Oc2nnc(-c3ccncc3)n2C2CC2)n2ccnc2)c1. The minimum atomic E-state index is -0.451. The standard InChI is InChI=1S/C20H17ClN6O/c21-16-3-1-2-15(12-16)19(26-11-10-23-13-26)28-20-25-24-18(27(20)17-4-5-17)14-6-8-22-9-7-14/h1-3,6-13,17,19H,4-5H2. The summed E-state index contributed by atoms with van der Waals surface area (Å²) in [7, 11) is 0. The lowest BCUT2D eigenvalue weighted by molar-refractivity contribution is 0.150. The molecule has 1 aliphatic rings. The van der Waals surface area contributed by atoms with E-state index in [0.717, 1.165) is 29.8 Å². The molecule has 0 aliphatic heterocycles. The fourth-order valence-electron chi connectivity index (χ4n) is 3.19. The van der Waals surface area contributed by atoms with Gasteiger partial charge in [0.15, 0.2) is 5.82 Å². The molecular weight excluding hydrogens is 376 g/mol. The molecule has 0 spiro atoms. The van der Waals surface area contributed by atoms with Gasteiger partial charge in [0.1, 0.15) is 0 Å². The summed E-state index contributed by atoms with van der Waals surface area (Å²) in [4.78, 5) is 8.24. The molecule has 1 fully saturated rings. The van der Waals surface area contributed by atoms with E-state index in [9.17, 15) is 0 Å². The number of aromatic nitrogens is 6. The molecule has 3 heterocycles. The Morgan fingerprint density at radius 1 is 1.04 bits per heavy atom. The van der Waals surface area contributed by atoms with Crippen molar-refractivity contribution < 1.29 is 4.74 Å². The van der Waals surface area contributed by atoms with Crippen LogP contribution in [-0.4, -0.2) is 29.3 Å². The van der Waals surface area contributed by atoms with Crippen molar-refractivity contribution in [1.82, 2.24) is 29.3 Å². The quantitative estimate of drug-likeness (QED) is 0.493. The number of halogens is 1. The molecule has 1 saturated carbocycles. The Hall–Kier alpha value is -3.19. The van der Waals surface area contributed by atoms with Gasteiger partial charge in [-0.25, -0.2) is 4.98 Å². The van der Waals surface area contributed by atoms with Gasteiger partial charge in [-0.2, -0.15) is 0 Å². The Balaban J connectivity index is 1.56. The Kier molecular flexibility index (Phi) is 4.29. The summed E-state index contributed by atoms with van der Waals surface area (Å²) in [6.07, 6.45) is 10.5. The predicted octanol–water partition coefficient (Wildman–Crippen LogP) is 4.15.